The van der Waals surface area contributed by atoms with Gasteiger partial charge >= 0.3 is 0 Å². The maximum absolute atomic E-state index is 12.8. The summed E-state index contributed by atoms with van der Waals surface area (Å²) in [5.41, 5.74) is 2.11. The van der Waals surface area contributed by atoms with Crippen LogP contribution in [0.2, 0.25) is 10.0 Å². The zero-order chi connectivity index (χ0) is 20.5. The van der Waals surface area contributed by atoms with Crippen molar-refractivity contribution in [2.75, 3.05) is 5.32 Å². The fourth-order valence-corrected chi connectivity index (χ4v) is 4.88. The summed E-state index contributed by atoms with van der Waals surface area (Å²) in [6.45, 7) is 1.86. The van der Waals surface area contributed by atoms with Crippen LogP contribution in [0.5, 0.6) is 0 Å². The molecular formula is C23H23Cl2NO3. The van der Waals surface area contributed by atoms with E-state index in [4.69, 9.17) is 27.6 Å². The number of carbonyl (C=O) groups is 1. The molecule has 6 heteroatoms. The van der Waals surface area contributed by atoms with E-state index in [2.05, 4.69) is 5.32 Å². The molecule has 152 valence electrons. The van der Waals surface area contributed by atoms with Crippen molar-refractivity contribution < 1.29 is 14.3 Å². The average Bonchev–Trinajstić information content (AvgIpc) is 3.05. The van der Waals surface area contributed by atoms with Gasteiger partial charge in [-0.05, 0) is 43.9 Å². The Bertz CT molecular complexity index is 1030. The Hall–Kier alpha value is -2.01. The summed E-state index contributed by atoms with van der Waals surface area (Å²) in [5, 5.41) is 15.3. The molecule has 2 aromatic carbocycles. The Balaban J connectivity index is 1.69. The summed E-state index contributed by atoms with van der Waals surface area (Å²) >= 11 is 12.3. The number of fused-ring (bicyclic) bond motifs is 1. The van der Waals surface area contributed by atoms with Crippen LogP contribution in [0.15, 0.2) is 40.8 Å². The minimum absolute atomic E-state index is 0.221. The van der Waals surface area contributed by atoms with Gasteiger partial charge in [-0.15, -0.1) is 0 Å². The lowest BCUT2D eigenvalue weighted by molar-refractivity contribution is 0.0846. The number of hydrogen-bond acceptors (Lipinski definition) is 3. The van der Waals surface area contributed by atoms with Crippen molar-refractivity contribution in [3.8, 4) is 0 Å². The third-order valence-corrected chi connectivity index (χ3v) is 6.40. The van der Waals surface area contributed by atoms with E-state index >= 15 is 0 Å². The Morgan fingerprint density at radius 3 is 2.45 bits per heavy atom. The van der Waals surface area contributed by atoms with Gasteiger partial charge in [-0.25, -0.2) is 0 Å². The maximum Gasteiger partial charge on any atom is 0.258 e. The van der Waals surface area contributed by atoms with E-state index in [9.17, 15) is 9.90 Å². The van der Waals surface area contributed by atoms with Crippen LogP contribution in [-0.2, 0) is 0 Å². The topological polar surface area (TPSA) is 62.5 Å². The van der Waals surface area contributed by atoms with Crippen LogP contribution in [0, 0.1) is 12.8 Å². The van der Waals surface area contributed by atoms with Crippen LogP contribution in [0.3, 0.4) is 0 Å². The number of furan rings is 1. The molecular weight excluding hydrogens is 409 g/mol. The van der Waals surface area contributed by atoms with Gasteiger partial charge in [0.15, 0.2) is 5.58 Å². The quantitative estimate of drug-likeness (QED) is 0.471. The minimum Gasteiger partial charge on any atom is -0.459 e. The molecule has 1 aromatic heterocycles. The van der Waals surface area contributed by atoms with Crippen molar-refractivity contribution in [2.24, 2.45) is 5.92 Å². The predicted molar refractivity (Wildman–Crippen MR) is 117 cm³/mol. The summed E-state index contributed by atoms with van der Waals surface area (Å²) < 4.78 is 6.00. The highest BCUT2D eigenvalue weighted by Crippen LogP contribution is 2.41. The van der Waals surface area contributed by atoms with Gasteiger partial charge in [-0.2, -0.15) is 0 Å². The molecule has 4 nitrogen and oxygen atoms in total. The molecule has 4 rings (SSSR count). The van der Waals surface area contributed by atoms with E-state index in [1.54, 1.807) is 24.3 Å². The van der Waals surface area contributed by atoms with Crippen LogP contribution in [0.4, 0.5) is 5.69 Å². The molecule has 0 bridgehead atoms. The summed E-state index contributed by atoms with van der Waals surface area (Å²) in [4.78, 5) is 12.8. The average molecular weight is 432 g/mol. The van der Waals surface area contributed by atoms with Gasteiger partial charge < -0.3 is 14.8 Å². The second kappa shape index (κ2) is 8.39. The zero-order valence-electron chi connectivity index (χ0n) is 16.2. The van der Waals surface area contributed by atoms with E-state index in [0.29, 0.717) is 17.0 Å². The van der Waals surface area contributed by atoms with Crippen molar-refractivity contribution in [3.05, 3.63) is 63.3 Å². The molecule has 0 radical (unpaired) electrons. The maximum atomic E-state index is 12.8. The highest BCUT2D eigenvalue weighted by Gasteiger charge is 2.28. The number of nitrogens with one attached hydrogen (secondary N) is 1. The number of aryl methyl sites for hydroxylation is 1. The minimum atomic E-state index is -0.569. The van der Waals surface area contributed by atoms with Gasteiger partial charge in [-0.1, -0.05) is 60.7 Å². The van der Waals surface area contributed by atoms with E-state index < -0.39 is 12.0 Å². The third-order valence-electron chi connectivity index (χ3n) is 5.77. The summed E-state index contributed by atoms with van der Waals surface area (Å²) in [6, 6.07) is 10.5. The molecule has 1 aliphatic carbocycles. The van der Waals surface area contributed by atoms with Crippen LogP contribution in [0.1, 0.15) is 59.9 Å². The first-order valence-electron chi connectivity index (χ1n) is 9.93. The van der Waals surface area contributed by atoms with Crippen molar-refractivity contribution >= 4 is 45.8 Å². The monoisotopic (exact) mass is 431 g/mol. The van der Waals surface area contributed by atoms with Gasteiger partial charge in [0.1, 0.15) is 5.76 Å². The van der Waals surface area contributed by atoms with Gasteiger partial charge in [0.25, 0.3) is 5.91 Å². The molecule has 1 aliphatic rings. The highest BCUT2D eigenvalue weighted by atomic mass is 35.5. The normalized spacial score (nSPS) is 16.1. The molecule has 1 amide bonds. The fraction of sp³-hybridized carbons (Fsp3) is 0.348. The standard InChI is InChI=1S/C23H23Cl2NO3/c1-13-19(21(27)14-7-3-2-4-8-14)15-9-5-12-18(22(15)29-13)26-23(28)20-16(24)10-6-11-17(20)25/h5-6,9-12,14,21,27H,2-4,7-8H2,1H3,(H,26,28). The highest BCUT2D eigenvalue weighted by molar-refractivity contribution is 6.40. The molecule has 0 spiro atoms. The molecule has 1 heterocycles. The van der Waals surface area contributed by atoms with Gasteiger partial charge in [0.2, 0.25) is 0 Å². The number of rotatable bonds is 4. The number of amides is 1. The molecule has 0 aliphatic heterocycles. The number of carbonyl (C=O) groups excluding carboxylic acids is 1. The van der Waals surface area contributed by atoms with E-state index in [-0.39, 0.29) is 21.5 Å². The largest absolute Gasteiger partial charge is 0.459 e. The first-order valence-corrected chi connectivity index (χ1v) is 10.7. The molecule has 0 saturated heterocycles. The van der Waals surface area contributed by atoms with Crippen LogP contribution in [0.25, 0.3) is 11.0 Å². The van der Waals surface area contributed by atoms with Crippen molar-refractivity contribution in [2.45, 2.75) is 45.1 Å². The zero-order valence-corrected chi connectivity index (χ0v) is 17.7. The lowest BCUT2D eigenvalue weighted by Crippen LogP contribution is -2.16. The Kier molecular flexibility index (Phi) is 5.86. The summed E-state index contributed by atoms with van der Waals surface area (Å²) in [6.07, 6.45) is 5.01. The van der Waals surface area contributed by atoms with E-state index in [1.165, 1.54) is 6.42 Å². The first kappa shape index (κ1) is 20.3. The molecule has 3 aromatic rings. The SMILES string of the molecule is Cc1oc2c(NC(=O)c3c(Cl)cccc3Cl)cccc2c1C(O)C1CCCCC1. The van der Waals surface area contributed by atoms with Gasteiger partial charge in [-0.3, -0.25) is 4.79 Å². The fourth-order valence-electron chi connectivity index (χ4n) is 4.31. The molecule has 1 atom stereocenters. The van der Waals surface area contributed by atoms with Crippen molar-refractivity contribution in [1.82, 2.24) is 0 Å². The molecule has 1 saturated carbocycles. The van der Waals surface area contributed by atoms with E-state index in [1.807, 2.05) is 19.1 Å². The number of anilines is 1. The molecule has 2 N–H and O–H groups in total. The first-order chi connectivity index (χ1) is 14.0. The molecule has 1 fully saturated rings. The van der Waals surface area contributed by atoms with Crippen molar-refractivity contribution in [1.29, 1.82) is 0 Å². The molecule has 1 unspecified atom stereocenters. The number of para-hydroxylation sites is 1. The second-order valence-corrected chi connectivity index (χ2v) is 8.46. The second-order valence-electron chi connectivity index (χ2n) is 7.65. The lowest BCUT2D eigenvalue weighted by Gasteiger charge is -2.26. The smallest absolute Gasteiger partial charge is 0.258 e. The number of halogens is 2. The Morgan fingerprint density at radius 2 is 1.76 bits per heavy atom. The van der Waals surface area contributed by atoms with Gasteiger partial charge in [0, 0.05) is 10.9 Å². The molecule has 29 heavy (non-hydrogen) atoms. The number of hydrogen-bond donors (Lipinski definition) is 2. The number of benzene rings is 2. The van der Waals surface area contributed by atoms with Gasteiger partial charge in [0.05, 0.1) is 27.4 Å². The Morgan fingerprint density at radius 1 is 1.10 bits per heavy atom. The number of aliphatic hydroxyl groups is 1. The van der Waals surface area contributed by atoms with Crippen LogP contribution < -0.4 is 5.32 Å². The van der Waals surface area contributed by atoms with Crippen LogP contribution in [-0.4, -0.2) is 11.0 Å². The van der Waals surface area contributed by atoms with Crippen LogP contribution >= 0.6 is 23.2 Å². The Labute approximate surface area is 179 Å². The summed E-state index contributed by atoms with van der Waals surface area (Å²) in [7, 11) is 0. The third kappa shape index (κ3) is 3.89. The lowest BCUT2D eigenvalue weighted by atomic mass is 9.82. The van der Waals surface area contributed by atoms with Crippen molar-refractivity contribution in [3.63, 3.8) is 0 Å². The number of aliphatic hydroxyl groups excluding tert-OH is 1. The predicted octanol–water partition coefficient (Wildman–Crippen LogP) is 6.91. The van der Waals surface area contributed by atoms with E-state index in [0.717, 1.165) is 36.6 Å². The summed E-state index contributed by atoms with van der Waals surface area (Å²) in [5.74, 6) is 0.510.